The first-order valence-corrected chi connectivity index (χ1v) is 8.21. The Balaban J connectivity index is 1.71. The SMILES string of the molecule is C[C@H](c1ccc(Nc2nc(C(F)(F)F)cs2)cc1)c1cnsn1. The fraction of sp³-hybridized carbons (Fsp3) is 0.214. The summed E-state index contributed by atoms with van der Waals surface area (Å²) in [4.78, 5) is 3.54. The second kappa shape index (κ2) is 6.25. The molecule has 0 fully saturated rings. The number of alkyl halides is 3. The van der Waals surface area contributed by atoms with Crippen molar-refractivity contribution >= 4 is 33.9 Å². The fourth-order valence-electron chi connectivity index (χ4n) is 1.97. The number of halogens is 3. The lowest BCUT2D eigenvalue weighted by Gasteiger charge is -2.10. The fourth-order valence-corrected chi connectivity index (χ4v) is 3.21. The number of thiazole rings is 1. The van der Waals surface area contributed by atoms with E-state index in [4.69, 9.17) is 0 Å². The second-order valence-electron chi connectivity index (χ2n) is 4.84. The number of benzene rings is 1. The van der Waals surface area contributed by atoms with Crippen molar-refractivity contribution in [1.82, 2.24) is 13.7 Å². The van der Waals surface area contributed by atoms with Crippen molar-refractivity contribution in [2.75, 3.05) is 5.32 Å². The number of hydrogen-bond donors (Lipinski definition) is 1. The van der Waals surface area contributed by atoms with Crippen LogP contribution in [-0.4, -0.2) is 13.7 Å². The Labute approximate surface area is 138 Å². The number of nitrogens with one attached hydrogen (secondary N) is 1. The molecular weight excluding hydrogens is 345 g/mol. The lowest BCUT2D eigenvalue weighted by atomic mass is 9.98. The van der Waals surface area contributed by atoms with E-state index in [1.54, 1.807) is 18.3 Å². The van der Waals surface area contributed by atoms with Gasteiger partial charge in [0.2, 0.25) is 0 Å². The van der Waals surface area contributed by atoms with Crippen molar-refractivity contribution in [2.45, 2.75) is 19.0 Å². The van der Waals surface area contributed by atoms with Gasteiger partial charge in [0.25, 0.3) is 0 Å². The molecule has 0 saturated carbocycles. The molecule has 1 aromatic carbocycles. The van der Waals surface area contributed by atoms with E-state index in [0.29, 0.717) is 5.69 Å². The molecule has 3 aromatic rings. The van der Waals surface area contributed by atoms with Crippen molar-refractivity contribution in [1.29, 1.82) is 0 Å². The van der Waals surface area contributed by atoms with Crippen LogP contribution in [0.15, 0.2) is 35.8 Å². The van der Waals surface area contributed by atoms with Crippen LogP contribution in [-0.2, 0) is 6.18 Å². The first kappa shape index (κ1) is 15.9. The highest BCUT2D eigenvalue weighted by atomic mass is 32.1. The summed E-state index contributed by atoms with van der Waals surface area (Å²) in [7, 11) is 0. The second-order valence-corrected chi connectivity index (χ2v) is 6.25. The van der Waals surface area contributed by atoms with E-state index >= 15 is 0 Å². The molecular formula is C14H11F3N4S2. The van der Waals surface area contributed by atoms with Gasteiger partial charge < -0.3 is 5.32 Å². The van der Waals surface area contributed by atoms with E-state index in [0.717, 1.165) is 39.7 Å². The third-order valence-electron chi connectivity index (χ3n) is 3.28. The van der Waals surface area contributed by atoms with Crippen molar-refractivity contribution < 1.29 is 13.2 Å². The normalized spacial score (nSPS) is 13.0. The van der Waals surface area contributed by atoms with Gasteiger partial charge in [-0.3, -0.25) is 0 Å². The maximum absolute atomic E-state index is 12.5. The Hall–Kier alpha value is -2.00. The molecule has 4 nitrogen and oxygen atoms in total. The Kier molecular flexibility index (Phi) is 4.31. The average Bonchev–Trinajstić information content (AvgIpc) is 3.18. The van der Waals surface area contributed by atoms with Crippen LogP contribution in [0.5, 0.6) is 0 Å². The molecule has 1 atom stereocenters. The topological polar surface area (TPSA) is 50.7 Å². The predicted molar refractivity (Wildman–Crippen MR) is 84.3 cm³/mol. The molecule has 1 N–H and O–H groups in total. The van der Waals surface area contributed by atoms with E-state index in [9.17, 15) is 13.2 Å². The molecule has 0 unspecified atom stereocenters. The van der Waals surface area contributed by atoms with Gasteiger partial charge >= 0.3 is 6.18 Å². The first-order valence-electron chi connectivity index (χ1n) is 6.60. The molecule has 2 heterocycles. The van der Waals surface area contributed by atoms with E-state index in [-0.39, 0.29) is 11.0 Å². The van der Waals surface area contributed by atoms with E-state index in [2.05, 4.69) is 19.0 Å². The van der Waals surface area contributed by atoms with Gasteiger partial charge in [-0.2, -0.15) is 21.9 Å². The molecule has 0 spiro atoms. The van der Waals surface area contributed by atoms with Crippen LogP contribution in [0.3, 0.4) is 0 Å². The standard InChI is InChI=1S/C14H11F3N4S2/c1-8(11-6-18-23-21-11)9-2-4-10(5-3-9)19-13-20-12(7-22-13)14(15,16)17/h2-8H,1H3,(H,19,20)/t8-/m1/s1. The van der Waals surface area contributed by atoms with Crippen molar-refractivity contribution in [3.63, 3.8) is 0 Å². The molecule has 0 aliphatic heterocycles. The maximum atomic E-state index is 12.5. The number of anilines is 2. The zero-order chi connectivity index (χ0) is 16.4. The summed E-state index contributed by atoms with van der Waals surface area (Å²) in [5.74, 6) is 0.111. The van der Waals surface area contributed by atoms with E-state index in [1.165, 1.54) is 0 Å². The Morgan fingerprint density at radius 2 is 1.91 bits per heavy atom. The van der Waals surface area contributed by atoms with Crippen molar-refractivity contribution in [3.8, 4) is 0 Å². The van der Waals surface area contributed by atoms with Crippen LogP contribution in [0.1, 0.15) is 29.8 Å². The molecule has 3 rings (SSSR count). The minimum atomic E-state index is -4.42. The summed E-state index contributed by atoms with van der Waals surface area (Å²) in [5.41, 5.74) is 1.75. The molecule has 0 amide bonds. The summed E-state index contributed by atoms with van der Waals surface area (Å²) in [5, 5.41) is 4.08. The molecule has 0 aliphatic rings. The number of nitrogens with zero attached hydrogens (tertiary/aromatic N) is 3. The highest BCUT2D eigenvalue weighted by molar-refractivity contribution is 7.13. The minimum Gasteiger partial charge on any atom is -0.332 e. The molecule has 120 valence electrons. The summed E-state index contributed by atoms with van der Waals surface area (Å²) >= 11 is 2.08. The lowest BCUT2D eigenvalue weighted by molar-refractivity contribution is -0.140. The number of rotatable bonds is 4. The van der Waals surface area contributed by atoms with E-state index < -0.39 is 11.9 Å². The quantitative estimate of drug-likeness (QED) is 0.722. The van der Waals surface area contributed by atoms with Gasteiger partial charge in [0, 0.05) is 17.0 Å². The van der Waals surface area contributed by atoms with Crippen LogP contribution in [0.25, 0.3) is 0 Å². The lowest BCUT2D eigenvalue weighted by Crippen LogP contribution is -2.05. The van der Waals surface area contributed by atoms with Gasteiger partial charge in [0.15, 0.2) is 10.8 Å². The molecule has 0 bridgehead atoms. The molecule has 0 aliphatic carbocycles. The summed E-state index contributed by atoms with van der Waals surface area (Å²) < 4.78 is 45.8. The third kappa shape index (κ3) is 3.67. The zero-order valence-electron chi connectivity index (χ0n) is 11.8. The number of hydrogen-bond acceptors (Lipinski definition) is 6. The first-order chi connectivity index (χ1) is 10.9. The van der Waals surface area contributed by atoms with Gasteiger partial charge in [-0.25, -0.2) is 4.98 Å². The summed E-state index contributed by atoms with van der Waals surface area (Å²) in [6.45, 7) is 2.02. The maximum Gasteiger partial charge on any atom is 0.434 e. The molecule has 0 saturated heterocycles. The van der Waals surface area contributed by atoms with E-state index in [1.807, 2.05) is 19.1 Å². The molecule has 0 radical (unpaired) electrons. The highest BCUT2D eigenvalue weighted by Crippen LogP contribution is 2.33. The Bertz CT molecular complexity index is 766. The highest BCUT2D eigenvalue weighted by Gasteiger charge is 2.33. The summed E-state index contributed by atoms with van der Waals surface area (Å²) in [6, 6.07) is 7.43. The van der Waals surface area contributed by atoms with Crippen LogP contribution in [0, 0.1) is 0 Å². The molecule has 23 heavy (non-hydrogen) atoms. The largest absolute Gasteiger partial charge is 0.434 e. The van der Waals surface area contributed by atoms with Crippen molar-refractivity contribution in [3.05, 3.63) is 52.8 Å². The van der Waals surface area contributed by atoms with Gasteiger partial charge in [-0.05, 0) is 17.7 Å². The van der Waals surface area contributed by atoms with Crippen LogP contribution >= 0.6 is 23.1 Å². The summed E-state index contributed by atoms with van der Waals surface area (Å²) in [6.07, 6.45) is -2.69. The molecule has 2 aromatic heterocycles. The monoisotopic (exact) mass is 356 g/mol. The van der Waals surface area contributed by atoms with Gasteiger partial charge in [0.1, 0.15) is 0 Å². The minimum absolute atomic E-state index is 0.111. The third-order valence-corrected chi connectivity index (χ3v) is 4.53. The van der Waals surface area contributed by atoms with Crippen LogP contribution in [0.2, 0.25) is 0 Å². The van der Waals surface area contributed by atoms with Crippen LogP contribution in [0.4, 0.5) is 24.0 Å². The van der Waals surface area contributed by atoms with Gasteiger partial charge in [0.05, 0.1) is 23.6 Å². The Morgan fingerprint density at radius 1 is 1.17 bits per heavy atom. The molecule has 9 heteroatoms. The smallest absolute Gasteiger partial charge is 0.332 e. The number of aromatic nitrogens is 3. The average molecular weight is 356 g/mol. The van der Waals surface area contributed by atoms with Crippen LogP contribution < -0.4 is 5.32 Å². The zero-order valence-corrected chi connectivity index (χ0v) is 13.5. The van der Waals surface area contributed by atoms with Crippen molar-refractivity contribution in [2.24, 2.45) is 0 Å². The predicted octanol–water partition coefficient (Wildman–Crippen LogP) is 4.91. The Morgan fingerprint density at radius 3 is 2.48 bits per heavy atom. The van der Waals surface area contributed by atoms with Gasteiger partial charge in [-0.15, -0.1) is 11.3 Å². The van der Waals surface area contributed by atoms with Gasteiger partial charge in [-0.1, -0.05) is 19.1 Å².